The highest BCUT2D eigenvalue weighted by Gasteiger charge is 2.27. The highest BCUT2D eigenvalue weighted by molar-refractivity contribution is 6.31. The predicted octanol–water partition coefficient (Wildman–Crippen LogP) is 3.81. The number of barbiturate groups is 1. The number of hydrogen-bond acceptors (Lipinski definition) is 6. The van der Waals surface area contributed by atoms with Gasteiger partial charge in [0.2, 0.25) is 0 Å². The number of urea groups is 1. The lowest BCUT2D eigenvalue weighted by Crippen LogP contribution is -2.51. The second kappa shape index (κ2) is 11.2. The molecule has 1 aliphatic rings. The van der Waals surface area contributed by atoms with Crippen molar-refractivity contribution in [2.24, 2.45) is 0 Å². The van der Waals surface area contributed by atoms with Crippen molar-refractivity contribution in [3.05, 3.63) is 59.2 Å². The average Bonchev–Trinajstić information content (AvgIpc) is 2.80. The Balaban J connectivity index is 1.67. The molecule has 3 rings (SSSR count). The third kappa shape index (κ3) is 6.12. The molecule has 0 radical (unpaired) electrons. The number of nitrogens with one attached hydrogen (secondary N) is 2. The summed E-state index contributed by atoms with van der Waals surface area (Å²) in [4.78, 5) is 35.1. The van der Waals surface area contributed by atoms with Gasteiger partial charge in [-0.15, -0.1) is 0 Å². The first-order valence-electron chi connectivity index (χ1n) is 10.9. The summed E-state index contributed by atoms with van der Waals surface area (Å²) < 4.78 is 17.5. The molecule has 1 unspecified atom stereocenters. The van der Waals surface area contributed by atoms with E-state index in [0.717, 1.165) is 12.2 Å². The van der Waals surface area contributed by atoms with Gasteiger partial charge in [-0.3, -0.25) is 20.2 Å². The van der Waals surface area contributed by atoms with E-state index in [-0.39, 0.29) is 5.57 Å². The maximum absolute atomic E-state index is 11.9. The van der Waals surface area contributed by atoms with E-state index in [0.29, 0.717) is 42.8 Å². The molecular weight excluding hydrogens is 424 g/mol. The molecule has 1 saturated heterocycles. The van der Waals surface area contributed by atoms with Gasteiger partial charge in [-0.2, -0.15) is 0 Å². The van der Waals surface area contributed by atoms with Gasteiger partial charge in [-0.05, 0) is 54.7 Å². The molecule has 0 saturated carbocycles. The van der Waals surface area contributed by atoms with E-state index in [1.165, 1.54) is 11.6 Å². The Labute approximate surface area is 192 Å². The van der Waals surface area contributed by atoms with Crippen LogP contribution in [0.25, 0.3) is 6.08 Å². The van der Waals surface area contributed by atoms with Gasteiger partial charge in [-0.1, -0.05) is 38.1 Å². The van der Waals surface area contributed by atoms with Gasteiger partial charge >= 0.3 is 6.03 Å². The van der Waals surface area contributed by atoms with E-state index >= 15 is 0 Å². The molecule has 1 heterocycles. The van der Waals surface area contributed by atoms with Crippen LogP contribution in [-0.2, 0) is 9.59 Å². The number of hydrogen-bond donors (Lipinski definition) is 2. The van der Waals surface area contributed by atoms with Crippen LogP contribution in [-0.4, -0.2) is 37.7 Å². The molecule has 1 aliphatic heterocycles. The fourth-order valence-electron chi connectivity index (χ4n) is 3.32. The van der Waals surface area contributed by atoms with Crippen molar-refractivity contribution in [3.63, 3.8) is 0 Å². The summed E-state index contributed by atoms with van der Waals surface area (Å²) in [6.45, 7) is 7.23. The summed E-state index contributed by atoms with van der Waals surface area (Å²) in [5.41, 5.74) is 1.56. The molecule has 4 amide bonds. The molecule has 8 heteroatoms. The summed E-state index contributed by atoms with van der Waals surface area (Å²) in [6, 6.07) is 12.2. The zero-order valence-corrected chi connectivity index (χ0v) is 19.0. The van der Waals surface area contributed by atoms with E-state index in [2.05, 4.69) is 19.9 Å². The van der Waals surface area contributed by atoms with Crippen LogP contribution < -0.4 is 24.8 Å². The summed E-state index contributed by atoms with van der Waals surface area (Å²) in [6.07, 6.45) is 2.41. The molecule has 2 N–H and O–H groups in total. The molecule has 2 aromatic carbocycles. The van der Waals surface area contributed by atoms with Crippen molar-refractivity contribution in [2.45, 2.75) is 33.1 Å². The molecule has 174 valence electrons. The Morgan fingerprint density at radius 1 is 0.848 bits per heavy atom. The van der Waals surface area contributed by atoms with Crippen LogP contribution in [0.3, 0.4) is 0 Å². The Hall–Kier alpha value is -3.81. The Morgan fingerprint density at radius 2 is 1.52 bits per heavy atom. The lowest BCUT2D eigenvalue weighted by Gasteiger charge is -2.17. The summed E-state index contributed by atoms with van der Waals surface area (Å²) in [5, 5.41) is 4.09. The minimum Gasteiger partial charge on any atom is -0.490 e. The molecule has 0 spiro atoms. The van der Waals surface area contributed by atoms with Gasteiger partial charge in [0.05, 0.1) is 6.61 Å². The van der Waals surface area contributed by atoms with Crippen molar-refractivity contribution in [1.82, 2.24) is 10.6 Å². The first-order valence-corrected chi connectivity index (χ1v) is 10.9. The molecule has 1 fully saturated rings. The minimum absolute atomic E-state index is 0.168. The maximum Gasteiger partial charge on any atom is 0.328 e. The number of imide groups is 2. The monoisotopic (exact) mass is 452 g/mol. The van der Waals surface area contributed by atoms with Crippen molar-refractivity contribution in [2.75, 3.05) is 19.8 Å². The van der Waals surface area contributed by atoms with Crippen LogP contribution in [0, 0.1) is 0 Å². The number of carbonyl (C=O) groups excluding carboxylic acids is 3. The molecule has 0 bridgehead atoms. The topological polar surface area (TPSA) is 103 Å². The van der Waals surface area contributed by atoms with Crippen LogP contribution in [0.5, 0.6) is 17.2 Å². The predicted molar refractivity (Wildman–Crippen MR) is 123 cm³/mol. The van der Waals surface area contributed by atoms with Gasteiger partial charge in [0.25, 0.3) is 11.8 Å². The van der Waals surface area contributed by atoms with Crippen molar-refractivity contribution < 1.29 is 28.6 Å². The third-order valence-corrected chi connectivity index (χ3v) is 5.18. The normalized spacial score (nSPS) is 14.3. The Morgan fingerprint density at radius 3 is 2.18 bits per heavy atom. The highest BCUT2D eigenvalue weighted by atomic mass is 16.5. The average molecular weight is 453 g/mol. The van der Waals surface area contributed by atoms with Crippen molar-refractivity contribution >= 4 is 23.9 Å². The largest absolute Gasteiger partial charge is 0.490 e. The minimum atomic E-state index is -0.838. The van der Waals surface area contributed by atoms with Crippen molar-refractivity contribution in [1.29, 1.82) is 0 Å². The first-order chi connectivity index (χ1) is 15.9. The molecule has 0 aromatic heterocycles. The highest BCUT2D eigenvalue weighted by Crippen LogP contribution is 2.30. The molecular formula is C25H28N2O6. The van der Waals surface area contributed by atoms with Crippen LogP contribution in [0.15, 0.2) is 48.0 Å². The van der Waals surface area contributed by atoms with E-state index in [4.69, 9.17) is 14.2 Å². The Bertz CT molecular complexity index is 1040. The van der Waals surface area contributed by atoms with Crippen LogP contribution in [0.1, 0.15) is 44.2 Å². The third-order valence-electron chi connectivity index (χ3n) is 5.18. The summed E-state index contributed by atoms with van der Waals surface area (Å²) in [7, 11) is 0. The fourth-order valence-corrected chi connectivity index (χ4v) is 3.32. The van der Waals surface area contributed by atoms with Crippen LogP contribution in [0.4, 0.5) is 4.79 Å². The van der Waals surface area contributed by atoms with Crippen molar-refractivity contribution in [3.8, 4) is 17.2 Å². The van der Waals surface area contributed by atoms with Gasteiger partial charge < -0.3 is 14.2 Å². The number of amides is 4. The number of rotatable bonds is 10. The number of para-hydroxylation sites is 1. The SMILES string of the molecule is CCOc1cc(C=C2C(=O)NC(=O)NC2=O)ccc1OCCOc1ccccc1C(C)CC. The van der Waals surface area contributed by atoms with Gasteiger partial charge in [0.1, 0.15) is 24.5 Å². The van der Waals surface area contributed by atoms with E-state index in [1.54, 1.807) is 18.2 Å². The van der Waals surface area contributed by atoms with Crippen LogP contribution in [0.2, 0.25) is 0 Å². The Kier molecular flexibility index (Phi) is 8.07. The number of ether oxygens (including phenoxy) is 3. The van der Waals surface area contributed by atoms with E-state index < -0.39 is 17.8 Å². The molecule has 0 aliphatic carbocycles. The molecule has 1 atom stereocenters. The second-order valence-corrected chi connectivity index (χ2v) is 7.48. The quantitative estimate of drug-likeness (QED) is 0.323. The van der Waals surface area contributed by atoms with Crippen LogP contribution >= 0.6 is 0 Å². The summed E-state index contributed by atoms with van der Waals surface area (Å²) in [5.74, 6) is 0.739. The lowest BCUT2D eigenvalue weighted by atomic mass is 9.98. The van der Waals surface area contributed by atoms with Gasteiger partial charge in [0.15, 0.2) is 11.5 Å². The lowest BCUT2D eigenvalue weighted by molar-refractivity contribution is -0.123. The molecule has 33 heavy (non-hydrogen) atoms. The standard InChI is InChI=1S/C25H28N2O6/c1-4-16(3)18-8-6-7-9-20(18)32-12-13-33-21-11-10-17(15-22(21)31-5-2)14-19-23(28)26-25(30)27-24(19)29/h6-11,14-16H,4-5,12-13H2,1-3H3,(H2,26,27,28,29,30). The maximum atomic E-state index is 11.9. The van der Waals surface area contributed by atoms with E-state index in [1.807, 2.05) is 35.8 Å². The van der Waals surface area contributed by atoms with Gasteiger partial charge in [-0.25, -0.2) is 4.79 Å². The summed E-state index contributed by atoms with van der Waals surface area (Å²) >= 11 is 0. The number of benzene rings is 2. The molecule has 2 aromatic rings. The van der Waals surface area contributed by atoms with Gasteiger partial charge in [0, 0.05) is 0 Å². The fraction of sp³-hybridized carbons (Fsp3) is 0.320. The zero-order valence-electron chi connectivity index (χ0n) is 19.0. The first kappa shape index (κ1) is 23.8. The number of carbonyl (C=O) groups is 3. The molecule has 8 nitrogen and oxygen atoms in total. The zero-order chi connectivity index (χ0) is 23.8. The van der Waals surface area contributed by atoms with E-state index in [9.17, 15) is 14.4 Å². The second-order valence-electron chi connectivity index (χ2n) is 7.48. The smallest absolute Gasteiger partial charge is 0.328 e.